The summed E-state index contributed by atoms with van der Waals surface area (Å²) in [5.41, 5.74) is 1.91. The zero-order chi connectivity index (χ0) is 12.3. The third-order valence-electron chi connectivity index (χ3n) is 3.42. The van der Waals surface area contributed by atoms with Crippen molar-refractivity contribution in [3.63, 3.8) is 0 Å². The van der Waals surface area contributed by atoms with Crippen LogP contribution in [0.25, 0.3) is 0 Å². The lowest BCUT2D eigenvalue weighted by molar-refractivity contribution is 0.0486. The largest absolute Gasteiger partial charge is 0.338 e. The van der Waals surface area contributed by atoms with Gasteiger partial charge in [0.1, 0.15) is 0 Å². The zero-order valence-corrected chi connectivity index (χ0v) is 10.6. The van der Waals surface area contributed by atoms with Crippen molar-refractivity contribution in [1.29, 1.82) is 0 Å². The van der Waals surface area contributed by atoms with Crippen LogP contribution in [0, 0.1) is 12.8 Å². The summed E-state index contributed by atoms with van der Waals surface area (Å²) in [4.78, 5) is 14.1. The summed E-state index contributed by atoms with van der Waals surface area (Å²) in [7, 11) is 1.97. The van der Waals surface area contributed by atoms with Crippen molar-refractivity contribution in [3.8, 4) is 0 Å². The van der Waals surface area contributed by atoms with Crippen molar-refractivity contribution in [3.05, 3.63) is 35.4 Å². The Morgan fingerprint density at radius 2 is 2.12 bits per heavy atom. The van der Waals surface area contributed by atoms with Gasteiger partial charge < -0.3 is 10.2 Å². The number of carbonyl (C=O) groups is 1. The first kappa shape index (κ1) is 12.1. The standard InChI is InChI=1S/C14H20N2O/c1-11-5-3-4-6-13(11)14(17)16-9-12(10-16)7-8-15-2/h3-6,12,15H,7-10H2,1-2H3. The molecule has 3 nitrogen and oxygen atoms in total. The van der Waals surface area contributed by atoms with Crippen molar-refractivity contribution in [2.45, 2.75) is 13.3 Å². The van der Waals surface area contributed by atoms with Crippen LogP contribution in [-0.2, 0) is 0 Å². The number of nitrogens with zero attached hydrogens (tertiary/aromatic N) is 1. The van der Waals surface area contributed by atoms with E-state index in [-0.39, 0.29) is 5.91 Å². The van der Waals surface area contributed by atoms with E-state index in [2.05, 4.69) is 5.32 Å². The fraction of sp³-hybridized carbons (Fsp3) is 0.500. The molecule has 92 valence electrons. The average Bonchev–Trinajstić information content (AvgIpc) is 2.27. The molecule has 0 bridgehead atoms. The van der Waals surface area contributed by atoms with Crippen molar-refractivity contribution >= 4 is 5.91 Å². The second kappa shape index (κ2) is 5.32. The van der Waals surface area contributed by atoms with Gasteiger partial charge in [-0.1, -0.05) is 18.2 Å². The highest BCUT2D eigenvalue weighted by Gasteiger charge is 2.30. The van der Waals surface area contributed by atoms with Gasteiger partial charge >= 0.3 is 0 Å². The van der Waals surface area contributed by atoms with E-state index in [1.54, 1.807) is 0 Å². The van der Waals surface area contributed by atoms with E-state index >= 15 is 0 Å². The van der Waals surface area contributed by atoms with Crippen molar-refractivity contribution in [2.75, 3.05) is 26.7 Å². The van der Waals surface area contributed by atoms with Gasteiger partial charge in [0.25, 0.3) is 5.91 Å². The van der Waals surface area contributed by atoms with Crippen molar-refractivity contribution in [2.24, 2.45) is 5.92 Å². The first-order chi connectivity index (χ1) is 8.22. The maximum absolute atomic E-state index is 12.2. The van der Waals surface area contributed by atoms with Crippen LogP contribution in [0.15, 0.2) is 24.3 Å². The molecule has 17 heavy (non-hydrogen) atoms. The minimum atomic E-state index is 0.184. The van der Waals surface area contributed by atoms with Gasteiger partial charge in [-0.2, -0.15) is 0 Å². The van der Waals surface area contributed by atoms with Crippen LogP contribution in [0.2, 0.25) is 0 Å². The minimum absolute atomic E-state index is 0.184. The molecule has 1 aromatic rings. The van der Waals surface area contributed by atoms with Gasteiger partial charge in [0.15, 0.2) is 0 Å². The number of hydrogen-bond acceptors (Lipinski definition) is 2. The van der Waals surface area contributed by atoms with Crippen LogP contribution in [0.1, 0.15) is 22.3 Å². The first-order valence-electron chi connectivity index (χ1n) is 6.22. The predicted octanol–water partition coefficient (Wildman–Crippen LogP) is 1.68. The molecule has 1 saturated heterocycles. The Morgan fingerprint density at radius 3 is 2.76 bits per heavy atom. The molecule has 0 radical (unpaired) electrons. The van der Waals surface area contributed by atoms with E-state index in [0.717, 1.165) is 37.2 Å². The lowest BCUT2D eigenvalue weighted by Gasteiger charge is -2.39. The summed E-state index contributed by atoms with van der Waals surface area (Å²) in [6.45, 7) is 4.85. The molecule has 1 aliphatic heterocycles. The van der Waals surface area contributed by atoms with Gasteiger partial charge in [-0.25, -0.2) is 0 Å². The van der Waals surface area contributed by atoms with Gasteiger partial charge in [-0.3, -0.25) is 4.79 Å². The van der Waals surface area contributed by atoms with Gasteiger partial charge in [0.2, 0.25) is 0 Å². The van der Waals surface area contributed by atoms with Gasteiger partial charge in [0, 0.05) is 18.7 Å². The SMILES string of the molecule is CNCCC1CN(C(=O)c2ccccc2C)C1. The van der Waals surface area contributed by atoms with Crippen LogP contribution < -0.4 is 5.32 Å². The second-order valence-corrected chi connectivity index (χ2v) is 4.78. The van der Waals surface area contributed by atoms with Crippen LogP contribution >= 0.6 is 0 Å². The lowest BCUT2D eigenvalue weighted by Crippen LogP contribution is -2.50. The molecular weight excluding hydrogens is 212 g/mol. The van der Waals surface area contributed by atoms with Crippen molar-refractivity contribution < 1.29 is 4.79 Å². The Hall–Kier alpha value is -1.35. The molecule has 0 atom stereocenters. The van der Waals surface area contributed by atoms with Crippen LogP contribution in [-0.4, -0.2) is 37.5 Å². The van der Waals surface area contributed by atoms with Crippen LogP contribution in [0.5, 0.6) is 0 Å². The Balaban J connectivity index is 1.89. The van der Waals surface area contributed by atoms with E-state index in [1.807, 2.05) is 43.1 Å². The Labute approximate surface area is 103 Å². The number of hydrogen-bond donors (Lipinski definition) is 1. The highest BCUT2D eigenvalue weighted by atomic mass is 16.2. The quantitative estimate of drug-likeness (QED) is 0.856. The average molecular weight is 232 g/mol. The molecule has 0 unspecified atom stereocenters. The minimum Gasteiger partial charge on any atom is -0.338 e. The van der Waals surface area contributed by atoms with E-state index < -0.39 is 0 Å². The van der Waals surface area contributed by atoms with Gasteiger partial charge in [-0.15, -0.1) is 0 Å². The molecular formula is C14H20N2O. The molecule has 0 spiro atoms. The number of likely N-dealkylation sites (tertiary alicyclic amines) is 1. The third-order valence-corrected chi connectivity index (χ3v) is 3.42. The van der Waals surface area contributed by atoms with Crippen LogP contribution in [0.4, 0.5) is 0 Å². The van der Waals surface area contributed by atoms with E-state index in [9.17, 15) is 4.79 Å². The van der Waals surface area contributed by atoms with Crippen LogP contribution in [0.3, 0.4) is 0 Å². The highest BCUT2D eigenvalue weighted by Crippen LogP contribution is 2.22. The molecule has 1 aromatic carbocycles. The monoisotopic (exact) mass is 232 g/mol. The smallest absolute Gasteiger partial charge is 0.254 e. The lowest BCUT2D eigenvalue weighted by atomic mass is 9.94. The molecule has 0 aromatic heterocycles. The number of nitrogens with one attached hydrogen (secondary N) is 1. The fourth-order valence-corrected chi connectivity index (χ4v) is 2.25. The topological polar surface area (TPSA) is 32.3 Å². The molecule has 1 heterocycles. The molecule has 0 saturated carbocycles. The number of amides is 1. The first-order valence-corrected chi connectivity index (χ1v) is 6.22. The Morgan fingerprint density at radius 1 is 1.41 bits per heavy atom. The molecule has 1 fully saturated rings. The van der Waals surface area contributed by atoms with E-state index in [1.165, 1.54) is 0 Å². The molecule has 1 aliphatic rings. The summed E-state index contributed by atoms with van der Waals surface area (Å²) >= 11 is 0. The summed E-state index contributed by atoms with van der Waals surface area (Å²) < 4.78 is 0. The molecule has 0 aliphatic carbocycles. The maximum Gasteiger partial charge on any atom is 0.254 e. The highest BCUT2D eigenvalue weighted by molar-refractivity contribution is 5.96. The van der Waals surface area contributed by atoms with Gasteiger partial charge in [-0.05, 0) is 44.5 Å². The predicted molar refractivity (Wildman–Crippen MR) is 69.1 cm³/mol. The van der Waals surface area contributed by atoms with Crippen molar-refractivity contribution in [1.82, 2.24) is 10.2 Å². The summed E-state index contributed by atoms with van der Waals surface area (Å²) in [6, 6.07) is 7.81. The summed E-state index contributed by atoms with van der Waals surface area (Å²) in [5.74, 6) is 0.860. The number of carbonyl (C=O) groups excluding carboxylic acids is 1. The second-order valence-electron chi connectivity index (χ2n) is 4.78. The third kappa shape index (κ3) is 2.67. The van der Waals surface area contributed by atoms with E-state index in [0.29, 0.717) is 5.92 Å². The number of benzene rings is 1. The summed E-state index contributed by atoms with van der Waals surface area (Å²) in [5, 5.41) is 3.15. The molecule has 2 rings (SSSR count). The maximum atomic E-state index is 12.2. The normalized spacial score (nSPS) is 15.8. The van der Waals surface area contributed by atoms with Gasteiger partial charge in [0.05, 0.1) is 0 Å². The summed E-state index contributed by atoms with van der Waals surface area (Å²) in [6.07, 6.45) is 1.16. The Bertz CT molecular complexity index is 397. The fourth-order valence-electron chi connectivity index (χ4n) is 2.25. The Kier molecular flexibility index (Phi) is 3.79. The molecule has 1 N–H and O–H groups in total. The number of rotatable bonds is 4. The zero-order valence-electron chi connectivity index (χ0n) is 10.6. The number of aryl methyl sites for hydroxylation is 1. The molecule has 1 amide bonds. The van der Waals surface area contributed by atoms with E-state index in [4.69, 9.17) is 0 Å². The molecule has 3 heteroatoms.